The van der Waals surface area contributed by atoms with Gasteiger partial charge in [0, 0.05) is 25.8 Å². The molecular weight excluding hydrogens is 168 g/mol. The second-order valence-corrected chi connectivity index (χ2v) is 3.19. The van der Waals surface area contributed by atoms with E-state index in [0.717, 1.165) is 5.57 Å². The minimum atomic E-state index is -0.775. The van der Waals surface area contributed by atoms with Gasteiger partial charge in [0.1, 0.15) is 5.72 Å². The Bertz CT molecular complexity index is 248. The molecule has 4 nitrogen and oxygen atoms in total. The van der Waals surface area contributed by atoms with Gasteiger partial charge < -0.3 is 15.6 Å². The molecule has 0 fully saturated rings. The Morgan fingerprint density at radius 3 is 2.85 bits per heavy atom. The summed E-state index contributed by atoms with van der Waals surface area (Å²) < 4.78 is 5.09. The third-order valence-electron chi connectivity index (χ3n) is 2.21. The molecule has 1 unspecified atom stereocenters. The second kappa shape index (κ2) is 3.91. The van der Waals surface area contributed by atoms with Crippen LogP contribution in [-0.4, -0.2) is 24.5 Å². The summed E-state index contributed by atoms with van der Waals surface area (Å²) in [7, 11) is 1.55. The lowest BCUT2D eigenvalue weighted by Gasteiger charge is -2.28. The summed E-state index contributed by atoms with van der Waals surface area (Å²) in [5, 5.41) is 8.74. The van der Waals surface area contributed by atoms with E-state index in [2.05, 4.69) is 0 Å². The Balaban J connectivity index is 2.74. The van der Waals surface area contributed by atoms with Crippen molar-refractivity contribution in [2.45, 2.75) is 18.6 Å². The molecule has 0 spiro atoms. The van der Waals surface area contributed by atoms with Crippen LogP contribution in [0.1, 0.15) is 12.8 Å². The number of hydrogen-bond donors (Lipinski definition) is 3. The predicted octanol–water partition coefficient (Wildman–Crippen LogP) is -0.157. The molecule has 0 aromatic heterocycles. The van der Waals surface area contributed by atoms with Gasteiger partial charge in [-0.1, -0.05) is 6.08 Å². The van der Waals surface area contributed by atoms with E-state index < -0.39 is 5.72 Å². The molecule has 1 aliphatic carbocycles. The van der Waals surface area contributed by atoms with Crippen LogP contribution in [0.5, 0.6) is 0 Å². The lowest BCUT2D eigenvalue weighted by Crippen LogP contribution is -2.42. The smallest absolute Gasteiger partial charge is 0.141 e. The van der Waals surface area contributed by atoms with E-state index in [4.69, 9.17) is 21.3 Å². The number of aliphatic hydroxyl groups excluding tert-OH is 1. The van der Waals surface area contributed by atoms with Crippen molar-refractivity contribution in [3.63, 3.8) is 0 Å². The predicted molar refractivity (Wildman–Crippen MR) is 50.6 cm³/mol. The largest absolute Gasteiger partial charge is 0.402 e. The summed E-state index contributed by atoms with van der Waals surface area (Å²) >= 11 is 0. The Kier molecular flexibility index (Phi) is 3.08. The van der Waals surface area contributed by atoms with Crippen molar-refractivity contribution in [3.05, 3.63) is 23.4 Å². The SMILES string of the molecule is COC1(N)C=CC(CCO)=C(N)C1. The van der Waals surface area contributed by atoms with Crippen molar-refractivity contribution < 1.29 is 9.84 Å². The fourth-order valence-corrected chi connectivity index (χ4v) is 1.32. The lowest BCUT2D eigenvalue weighted by molar-refractivity contribution is 0.0364. The second-order valence-electron chi connectivity index (χ2n) is 3.19. The fraction of sp³-hybridized carbons (Fsp3) is 0.556. The van der Waals surface area contributed by atoms with Crippen molar-refractivity contribution in [1.29, 1.82) is 0 Å². The maximum Gasteiger partial charge on any atom is 0.141 e. The molecule has 0 heterocycles. The van der Waals surface area contributed by atoms with Gasteiger partial charge >= 0.3 is 0 Å². The summed E-state index contributed by atoms with van der Waals surface area (Å²) in [5.74, 6) is 0. The van der Waals surface area contributed by atoms with Crippen LogP contribution in [0.3, 0.4) is 0 Å². The number of hydrogen-bond acceptors (Lipinski definition) is 4. The summed E-state index contributed by atoms with van der Waals surface area (Å²) in [4.78, 5) is 0. The van der Waals surface area contributed by atoms with Gasteiger partial charge in [0.25, 0.3) is 0 Å². The lowest BCUT2D eigenvalue weighted by atomic mass is 9.95. The molecule has 0 aliphatic heterocycles. The maximum absolute atomic E-state index is 8.74. The number of methoxy groups -OCH3 is 1. The highest BCUT2D eigenvalue weighted by Gasteiger charge is 2.25. The molecule has 1 aliphatic rings. The zero-order chi connectivity index (χ0) is 9.90. The van der Waals surface area contributed by atoms with Gasteiger partial charge in [0.15, 0.2) is 0 Å². The molecule has 0 bridgehead atoms. The highest BCUT2D eigenvalue weighted by atomic mass is 16.5. The number of ether oxygens (including phenoxy) is 1. The first-order valence-electron chi connectivity index (χ1n) is 4.23. The summed E-state index contributed by atoms with van der Waals surface area (Å²) in [6, 6.07) is 0. The molecule has 1 atom stereocenters. The zero-order valence-corrected chi connectivity index (χ0v) is 7.79. The highest BCUT2D eigenvalue weighted by molar-refractivity contribution is 5.32. The van der Waals surface area contributed by atoms with E-state index in [9.17, 15) is 0 Å². The van der Waals surface area contributed by atoms with Crippen molar-refractivity contribution in [3.8, 4) is 0 Å². The molecular formula is C9H16N2O2. The van der Waals surface area contributed by atoms with Gasteiger partial charge in [-0.15, -0.1) is 0 Å². The van der Waals surface area contributed by atoms with Gasteiger partial charge in [-0.05, 0) is 18.1 Å². The van der Waals surface area contributed by atoms with Gasteiger partial charge in [-0.2, -0.15) is 0 Å². The van der Waals surface area contributed by atoms with E-state index >= 15 is 0 Å². The van der Waals surface area contributed by atoms with Crippen LogP contribution in [-0.2, 0) is 4.74 Å². The monoisotopic (exact) mass is 184 g/mol. The molecule has 5 N–H and O–H groups in total. The van der Waals surface area contributed by atoms with Crippen LogP contribution in [0, 0.1) is 0 Å². The minimum absolute atomic E-state index is 0.102. The Labute approximate surface area is 77.9 Å². The van der Waals surface area contributed by atoms with Gasteiger partial charge in [-0.3, -0.25) is 5.73 Å². The zero-order valence-electron chi connectivity index (χ0n) is 7.79. The third-order valence-corrected chi connectivity index (χ3v) is 2.21. The number of rotatable bonds is 3. The average molecular weight is 184 g/mol. The Hall–Kier alpha value is -0.840. The van der Waals surface area contributed by atoms with Crippen LogP contribution in [0.15, 0.2) is 23.4 Å². The molecule has 1 rings (SSSR count). The number of allylic oxidation sites excluding steroid dienone is 1. The molecule has 74 valence electrons. The van der Waals surface area contributed by atoms with E-state index in [0.29, 0.717) is 18.5 Å². The molecule has 0 aromatic rings. The van der Waals surface area contributed by atoms with Crippen LogP contribution >= 0.6 is 0 Å². The third kappa shape index (κ3) is 2.30. The molecule has 0 saturated heterocycles. The quantitative estimate of drug-likeness (QED) is 0.532. The average Bonchev–Trinajstić information content (AvgIpc) is 2.11. The first-order valence-corrected chi connectivity index (χ1v) is 4.23. The molecule has 0 radical (unpaired) electrons. The number of aliphatic hydroxyl groups is 1. The van der Waals surface area contributed by atoms with Crippen molar-refractivity contribution in [1.82, 2.24) is 0 Å². The van der Waals surface area contributed by atoms with Gasteiger partial charge in [0.2, 0.25) is 0 Å². The Morgan fingerprint density at radius 1 is 1.69 bits per heavy atom. The van der Waals surface area contributed by atoms with Gasteiger partial charge in [-0.25, -0.2) is 0 Å². The van der Waals surface area contributed by atoms with Crippen molar-refractivity contribution >= 4 is 0 Å². The fourth-order valence-electron chi connectivity index (χ4n) is 1.32. The van der Waals surface area contributed by atoms with E-state index in [1.54, 1.807) is 13.2 Å². The molecule has 13 heavy (non-hydrogen) atoms. The van der Waals surface area contributed by atoms with Crippen LogP contribution in [0.2, 0.25) is 0 Å². The minimum Gasteiger partial charge on any atom is -0.402 e. The van der Waals surface area contributed by atoms with E-state index in [1.165, 1.54) is 0 Å². The summed E-state index contributed by atoms with van der Waals surface area (Å²) in [6.07, 6.45) is 4.64. The normalized spacial score (nSPS) is 28.2. The first kappa shape index (κ1) is 10.2. The topological polar surface area (TPSA) is 81.5 Å². The van der Waals surface area contributed by atoms with E-state index in [1.807, 2.05) is 6.08 Å². The maximum atomic E-state index is 8.74. The van der Waals surface area contributed by atoms with Gasteiger partial charge in [0.05, 0.1) is 0 Å². The summed E-state index contributed by atoms with van der Waals surface area (Å²) in [6.45, 7) is 0.102. The molecule has 4 heteroatoms. The van der Waals surface area contributed by atoms with Crippen LogP contribution < -0.4 is 11.5 Å². The standard InChI is InChI=1S/C9H16N2O2/c1-13-9(11)4-2-7(3-5-12)8(10)6-9/h2,4,12H,3,5-6,10-11H2,1H3. The van der Waals surface area contributed by atoms with Crippen molar-refractivity contribution in [2.24, 2.45) is 11.5 Å². The van der Waals surface area contributed by atoms with E-state index in [-0.39, 0.29) is 6.61 Å². The summed E-state index contributed by atoms with van der Waals surface area (Å²) in [5.41, 5.74) is 12.5. The van der Waals surface area contributed by atoms with Crippen molar-refractivity contribution in [2.75, 3.05) is 13.7 Å². The Morgan fingerprint density at radius 2 is 2.38 bits per heavy atom. The highest BCUT2D eigenvalue weighted by Crippen LogP contribution is 2.24. The first-order chi connectivity index (χ1) is 6.11. The van der Waals surface area contributed by atoms with Crippen LogP contribution in [0.4, 0.5) is 0 Å². The van der Waals surface area contributed by atoms with Crippen LogP contribution in [0.25, 0.3) is 0 Å². The molecule has 0 aromatic carbocycles. The number of nitrogens with two attached hydrogens (primary N) is 2. The molecule has 0 saturated carbocycles. The molecule has 0 amide bonds.